The Morgan fingerprint density at radius 1 is 0.944 bits per heavy atom. The molecule has 0 bridgehead atoms. The molecule has 0 saturated carbocycles. The smallest absolute Gasteiger partial charge is 0.208 e. The van der Waals surface area contributed by atoms with Crippen LogP contribution in [0.1, 0.15) is 11.5 Å². The fourth-order valence-electron chi connectivity index (χ4n) is 0.794. The maximum atomic E-state index is 8.08. The van der Waals surface area contributed by atoms with E-state index in [4.69, 9.17) is 21.9 Å². The van der Waals surface area contributed by atoms with Crippen molar-refractivity contribution in [3.05, 3.63) is 36.0 Å². The minimum absolute atomic E-state index is 0.0764. The lowest BCUT2D eigenvalue weighted by Gasteiger charge is -1.85. The molecule has 2 aromatic heterocycles. The van der Waals surface area contributed by atoms with Crippen LogP contribution in [0.5, 0.6) is 0 Å². The van der Waals surface area contributed by atoms with Crippen molar-refractivity contribution in [2.24, 2.45) is 21.8 Å². The maximum Gasteiger partial charge on any atom is 0.208 e. The molecular formula is C8H10N6O4. The van der Waals surface area contributed by atoms with E-state index in [-0.39, 0.29) is 23.2 Å². The van der Waals surface area contributed by atoms with Gasteiger partial charge >= 0.3 is 0 Å². The first-order valence-electron chi connectivity index (χ1n) is 4.46. The topological polar surface area (TPSA) is 169 Å². The van der Waals surface area contributed by atoms with Gasteiger partial charge in [0.15, 0.2) is 0 Å². The first kappa shape index (κ1) is 13.0. The fourth-order valence-corrected chi connectivity index (χ4v) is 0.794. The van der Waals surface area contributed by atoms with E-state index in [0.717, 1.165) is 0 Å². The van der Waals surface area contributed by atoms with Crippen molar-refractivity contribution in [2.75, 3.05) is 0 Å². The van der Waals surface area contributed by atoms with Crippen molar-refractivity contribution in [1.82, 2.24) is 10.3 Å². The summed E-state index contributed by atoms with van der Waals surface area (Å²) in [7, 11) is 0. The first-order valence-corrected chi connectivity index (χ1v) is 4.46. The molecule has 18 heavy (non-hydrogen) atoms. The van der Waals surface area contributed by atoms with Crippen LogP contribution in [0.3, 0.4) is 0 Å². The molecule has 10 heteroatoms. The molecule has 0 spiro atoms. The molecule has 0 radical (unpaired) electrons. The number of nitrogens with two attached hydrogens (primary N) is 2. The zero-order valence-electron chi connectivity index (χ0n) is 8.96. The second kappa shape index (κ2) is 6.52. The van der Waals surface area contributed by atoms with Crippen molar-refractivity contribution >= 4 is 11.7 Å². The highest BCUT2D eigenvalue weighted by molar-refractivity contribution is 5.94. The summed E-state index contributed by atoms with van der Waals surface area (Å²) in [5, 5.41) is 28.2. The van der Waals surface area contributed by atoms with E-state index < -0.39 is 0 Å². The number of nitrogens with zero attached hydrogens (tertiary/aromatic N) is 4. The molecule has 0 amide bonds. The standard InChI is InChI=1S/2C4H5N3O2/c2*5-4(7-8)3-1-2-6-9-3/h2*1-2,8H,(H2,5,7). The lowest BCUT2D eigenvalue weighted by molar-refractivity contribution is 0.315. The molecule has 0 aliphatic heterocycles. The normalized spacial score (nSPS) is 11.8. The van der Waals surface area contributed by atoms with E-state index in [9.17, 15) is 0 Å². The number of aromatic nitrogens is 2. The van der Waals surface area contributed by atoms with Gasteiger partial charge < -0.3 is 30.9 Å². The second-order valence-corrected chi connectivity index (χ2v) is 2.72. The Hall–Kier alpha value is -3.04. The van der Waals surface area contributed by atoms with Crippen molar-refractivity contribution in [2.45, 2.75) is 0 Å². The lowest BCUT2D eigenvalue weighted by Crippen LogP contribution is -2.11. The van der Waals surface area contributed by atoms with E-state index in [1.807, 2.05) is 0 Å². The summed E-state index contributed by atoms with van der Waals surface area (Å²) in [4.78, 5) is 0. The molecule has 2 heterocycles. The zero-order valence-corrected chi connectivity index (χ0v) is 8.96. The van der Waals surface area contributed by atoms with Crippen LogP contribution in [-0.2, 0) is 0 Å². The van der Waals surface area contributed by atoms with Crippen LogP contribution in [0.2, 0.25) is 0 Å². The quantitative estimate of drug-likeness (QED) is 0.241. The minimum atomic E-state index is -0.0764. The average Bonchev–Trinajstić information content (AvgIpc) is 3.09. The highest BCUT2D eigenvalue weighted by atomic mass is 16.5. The molecule has 2 aromatic rings. The van der Waals surface area contributed by atoms with E-state index in [1.165, 1.54) is 24.5 Å². The summed E-state index contributed by atoms with van der Waals surface area (Å²) in [6.07, 6.45) is 2.82. The molecule has 0 aliphatic rings. The monoisotopic (exact) mass is 254 g/mol. The number of hydrogen-bond donors (Lipinski definition) is 4. The van der Waals surface area contributed by atoms with Gasteiger partial charge in [-0.25, -0.2) is 0 Å². The third-order valence-electron chi connectivity index (χ3n) is 1.60. The Labute approximate surface area is 100 Å². The number of amidine groups is 2. The number of oxime groups is 2. The SMILES string of the molecule is N/C(=N/O)c1ccno1.N/C(=N\O)c1ccno1. The van der Waals surface area contributed by atoms with Crippen LogP contribution in [0, 0.1) is 0 Å². The molecule has 96 valence electrons. The zero-order chi connectivity index (χ0) is 13.4. The second-order valence-electron chi connectivity index (χ2n) is 2.72. The van der Waals surface area contributed by atoms with E-state index in [1.54, 1.807) is 0 Å². The highest BCUT2D eigenvalue weighted by Gasteiger charge is 2.00. The van der Waals surface area contributed by atoms with Crippen LogP contribution in [-0.4, -0.2) is 32.4 Å². The van der Waals surface area contributed by atoms with Crippen molar-refractivity contribution < 1.29 is 19.5 Å². The Morgan fingerprint density at radius 3 is 1.56 bits per heavy atom. The third-order valence-corrected chi connectivity index (χ3v) is 1.60. The maximum absolute atomic E-state index is 8.08. The van der Waals surface area contributed by atoms with Crippen LogP contribution in [0.15, 0.2) is 43.9 Å². The summed E-state index contributed by atoms with van der Waals surface area (Å²) >= 11 is 0. The molecular weight excluding hydrogens is 244 g/mol. The molecule has 0 aromatic carbocycles. The summed E-state index contributed by atoms with van der Waals surface area (Å²) in [5.41, 5.74) is 10.2. The van der Waals surface area contributed by atoms with Gasteiger partial charge in [0.25, 0.3) is 0 Å². The summed E-state index contributed by atoms with van der Waals surface area (Å²) < 4.78 is 9.04. The predicted octanol–water partition coefficient (Wildman–Crippen LogP) is -0.462. The van der Waals surface area contributed by atoms with Crippen LogP contribution >= 0.6 is 0 Å². The average molecular weight is 254 g/mol. The Kier molecular flexibility index (Phi) is 4.72. The van der Waals surface area contributed by atoms with Gasteiger partial charge in [-0.05, 0) is 0 Å². The minimum Gasteiger partial charge on any atom is -0.409 e. The van der Waals surface area contributed by atoms with Gasteiger partial charge in [0, 0.05) is 12.1 Å². The predicted molar refractivity (Wildman–Crippen MR) is 58.0 cm³/mol. The third kappa shape index (κ3) is 3.52. The van der Waals surface area contributed by atoms with Gasteiger partial charge in [0.2, 0.25) is 23.2 Å². The van der Waals surface area contributed by atoms with Crippen molar-refractivity contribution in [1.29, 1.82) is 0 Å². The van der Waals surface area contributed by atoms with Crippen LogP contribution < -0.4 is 11.5 Å². The van der Waals surface area contributed by atoms with Crippen LogP contribution in [0.25, 0.3) is 0 Å². The van der Waals surface area contributed by atoms with E-state index in [2.05, 4.69) is 29.7 Å². The molecule has 0 aliphatic carbocycles. The number of rotatable bonds is 2. The fraction of sp³-hybridized carbons (Fsp3) is 0. The molecule has 0 saturated heterocycles. The summed E-state index contributed by atoms with van der Waals surface area (Å²) in [6.45, 7) is 0. The van der Waals surface area contributed by atoms with Gasteiger partial charge in [0.05, 0.1) is 12.4 Å². The highest BCUT2D eigenvalue weighted by Crippen LogP contribution is 1.94. The van der Waals surface area contributed by atoms with Crippen LogP contribution in [0.4, 0.5) is 0 Å². The summed E-state index contributed by atoms with van der Waals surface area (Å²) in [5.74, 6) is 0.370. The van der Waals surface area contributed by atoms with Crippen molar-refractivity contribution in [3.63, 3.8) is 0 Å². The first-order chi connectivity index (χ1) is 8.69. The molecule has 0 atom stereocenters. The van der Waals surface area contributed by atoms with E-state index >= 15 is 0 Å². The van der Waals surface area contributed by atoms with Gasteiger partial charge in [-0.15, -0.1) is 0 Å². The summed E-state index contributed by atoms with van der Waals surface area (Å²) in [6, 6.07) is 2.99. The molecule has 10 nitrogen and oxygen atoms in total. The van der Waals surface area contributed by atoms with Gasteiger partial charge in [-0.2, -0.15) is 0 Å². The molecule has 2 rings (SSSR count). The Morgan fingerprint density at radius 2 is 1.33 bits per heavy atom. The van der Waals surface area contributed by atoms with Gasteiger partial charge in [0.1, 0.15) is 0 Å². The lowest BCUT2D eigenvalue weighted by atomic mass is 10.4. The largest absolute Gasteiger partial charge is 0.409 e. The van der Waals surface area contributed by atoms with E-state index in [0.29, 0.717) is 0 Å². The Balaban J connectivity index is 0.000000180. The number of hydrogen-bond acceptors (Lipinski definition) is 8. The van der Waals surface area contributed by atoms with Gasteiger partial charge in [-0.1, -0.05) is 20.6 Å². The molecule has 0 unspecified atom stereocenters. The van der Waals surface area contributed by atoms with Gasteiger partial charge in [-0.3, -0.25) is 0 Å². The molecule has 0 fully saturated rings. The van der Waals surface area contributed by atoms with Crippen molar-refractivity contribution in [3.8, 4) is 0 Å². The Bertz CT molecular complexity index is 455. The molecule has 6 N–H and O–H groups in total.